The van der Waals surface area contributed by atoms with Crippen LogP contribution in [0.25, 0.3) is 44.2 Å². The van der Waals surface area contributed by atoms with Crippen LogP contribution in [0.5, 0.6) is 11.8 Å². The van der Waals surface area contributed by atoms with Crippen LogP contribution in [0.1, 0.15) is 109 Å². The van der Waals surface area contributed by atoms with Crippen LogP contribution >= 0.6 is 0 Å². The van der Waals surface area contributed by atoms with Crippen LogP contribution in [0.15, 0.2) is 83.6 Å². The fraction of sp³-hybridized carbons (Fsp3) is 0.522. The molecule has 4 unspecified atom stereocenters. The Kier molecular flexibility index (Phi) is 17.6. The van der Waals surface area contributed by atoms with Gasteiger partial charge >= 0.3 is 12.1 Å². The summed E-state index contributed by atoms with van der Waals surface area (Å²) >= 11 is 0. The zero-order valence-electron chi connectivity index (χ0n) is 52.4. The van der Waals surface area contributed by atoms with Crippen LogP contribution in [0.2, 0.25) is 0 Å². The van der Waals surface area contributed by atoms with Crippen molar-refractivity contribution in [3.05, 3.63) is 102 Å². The van der Waals surface area contributed by atoms with E-state index in [-0.39, 0.29) is 77.9 Å². The first-order valence-electron chi connectivity index (χ1n) is 31.8. The maximum absolute atomic E-state index is 17.4. The number of hydrogen-bond donors (Lipinski definition) is 3. The number of carbonyl (C=O) groups is 3. The van der Waals surface area contributed by atoms with E-state index < -0.39 is 29.5 Å². The number of nitrogens with zero attached hydrogens (tertiary/aromatic N) is 12. The van der Waals surface area contributed by atoms with Gasteiger partial charge in [-0.1, -0.05) is 68.4 Å². The molecule has 12 rings (SSSR count). The van der Waals surface area contributed by atoms with Crippen molar-refractivity contribution in [3.63, 3.8) is 0 Å². The molecule has 0 saturated carbocycles. The third-order valence-electron chi connectivity index (χ3n) is 18.8. The summed E-state index contributed by atoms with van der Waals surface area (Å²) in [6.07, 6.45) is 6.76. The van der Waals surface area contributed by atoms with E-state index in [1.54, 1.807) is 24.5 Å². The molecule has 5 saturated heterocycles. The number of likely N-dealkylation sites (tertiary alicyclic amines) is 2. The number of hydrogen-bond acceptors (Lipinski definition) is 17. The van der Waals surface area contributed by atoms with Crippen molar-refractivity contribution in [3.8, 4) is 34.3 Å². The summed E-state index contributed by atoms with van der Waals surface area (Å²) in [6.45, 7) is 21.5. The number of pyridine rings is 1. The van der Waals surface area contributed by atoms with Gasteiger partial charge in [0.25, 0.3) is 0 Å². The normalized spacial score (nSPS) is 21.1. The molecule has 89 heavy (non-hydrogen) atoms. The first-order valence-corrected chi connectivity index (χ1v) is 31.8. The minimum atomic E-state index is -0.835. The molecular weight excluding hydrogens is 1130 g/mol. The number of phenolic OH excluding ortho intramolecular Hbond substituents is 1. The predicted octanol–water partition coefficient (Wildman–Crippen LogP) is 8.72. The zero-order valence-corrected chi connectivity index (χ0v) is 52.4. The molecule has 21 nitrogen and oxygen atoms in total. The van der Waals surface area contributed by atoms with Gasteiger partial charge in [0, 0.05) is 96.4 Å². The minimum absolute atomic E-state index is 0.00931. The van der Waals surface area contributed by atoms with Gasteiger partial charge in [0.05, 0.1) is 35.3 Å². The van der Waals surface area contributed by atoms with Gasteiger partial charge in [-0.15, -0.1) is 0 Å². The molecule has 0 aliphatic carbocycles. The average molecular weight is 1220 g/mol. The Morgan fingerprint density at radius 3 is 2.30 bits per heavy atom. The lowest BCUT2D eigenvalue weighted by molar-refractivity contribution is -0.141. The summed E-state index contributed by atoms with van der Waals surface area (Å²) in [7, 11) is 1.89. The molecule has 7 aromatic rings. The van der Waals surface area contributed by atoms with Crippen molar-refractivity contribution in [2.75, 3.05) is 88.4 Å². The monoisotopic (exact) mass is 1220 g/mol. The highest BCUT2D eigenvalue weighted by atomic mass is 19.1. The highest BCUT2D eigenvalue weighted by molar-refractivity contribution is 6.02. The molecular formula is C67H84FN13O8. The first kappa shape index (κ1) is 61.3. The number of amides is 3. The molecule has 5 aliphatic rings. The van der Waals surface area contributed by atoms with Crippen LogP contribution < -0.4 is 19.9 Å². The van der Waals surface area contributed by atoms with E-state index in [0.29, 0.717) is 66.9 Å². The molecule has 4 aromatic heterocycles. The van der Waals surface area contributed by atoms with Gasteiger partial charge in [0.1, 0.15) is 46.9 Å². The SMILES string of the molecule is CCc1cccc2cc(O)cc(-c3ncc4c(N5CC6CCC(C5)N6C(=O)OC(C)(C)C)nc(OCCN5CCC(CN6CCN(c7cc(C(C(=O)N8C[C@H](O)C[C@H]8C(=O)NC(C)c8ccc(-c9ccnn9C)cc8)C(C)C)on7)CC6)CC5)nc4c3F)c12. The molecule has 9 heterocycles. The van der Waals surface area contributed by atoms with Gasteiger partial charge in [0.2, 0.25) is 11.8 Å². The Hall–Kier alpha value is -7.95. The third-order valence-corrected chi connectivity index (χ3v) is 18.8. The maximum Gasteiger partial charge on any atom is 0.410 e. The number of aliphatic hydroxyl groups is 1. The van der Waals surface area contributed by atoms with E-state index in [9.17, 15) is 24.6 Å². The minimum Gasteiger partial charge on any atom is -0.508 e. The number of piperidine rings is 1. The van der Waals surface area contributed by atoms with E-state index in [0.717, 1.165) is 105 Å². The fourth-order valence-electron chi connectivity index (χ4n) is 14.1. The molecule has 3 N–H and O–H groups in total. The van der Waals surface area contributed by atoms with Crippen LogP contribution in [-0.4, -0.2) is 186 Å². The van der Waals surface area contributed by atoms with Crippen molar-refractivity contribution in [2.45, 2.75) is 129 Å². The summed E-state index contributed by atoms with van der Waals surface area (Å²) in [5.74, 6) is 0.0907. The number of piperazine rings is 2. The Bertz CT molecular complexity index is 3690. The number of benzene rings is 3. The molecule has 6 atom stereocenters. The van der Waals surface area contributed by atoms with Gasteiger partial charge in [-0.2, -0.15) is 15.1 Å². The lowest BCUT2D eigenvalue weighted by Crippen LogP contribution is -2.57. The quantitative estimate of drug-likeness (QED) is 0.0775. The van der Waals surface area contributed by atoms with E-state index in [2.05, 4.69) is 35.2 Å². The van der Waals surface area contributed by atoms with Crippen molar-refractivity contribution in [2.24, 2.45) is 18.9 Å². The number of aromatic hydroxyl groups is 1. The number of rotatable bonds is 17. The van der Waals surface area contributed by atoms with Crippen molar-refractivity contribution < 1.29 is 43.0 Å². The van der Waals surface area contributed by atoms with Crippen LogP contribution in [0.3, 0.4) is 0 Å². The molecule has 472 valence electrons. The number of aromatic nitrogens is 6. The molecule has 5 aliphatic heterocycles. The molecule has 0 spiro atoms. The number of anilines is 2. The first-order chi connectivity index (χ1) is 42.8. The van der Waals surface area contributed by atoms with Crippen molar-refractivity contribution in [1.82, 2.24) is 54.8 Å². The van der Waals surface area contributed by atoms with Gasteiger partial charge in [-0.05, 0) is 130 Å². The second-order valence-corrected chi connectivity index (χ2v) is 26.4. The number of nitrogens with one attached hydrogen (secondary N) is 1. The third kappa shape index (κ3) is 13.0. The molecule has 22 heteroatoms. The van der Waals surface area contributed by atoms with Crippen LogP contribution in [0.4, 0.5) is 20.8 Å². The maximum atomic E-state index is 17.4. The highest BCUT2D eigenvalue weighted by Crippen LogP contribution is 2.41. The number of carbonyl (C=O) groups excluding carboxylic acids is 3. The van der Waals surface area contributed by atoms with E-state index >= 15 is 4.39 Å². The smallest absolute Gasteiger partial charge is 0.410 e. The van der Waals surface area contributed by atoms with Gasteiger partial charge < -0.3 is 44.2 Å². The Balaban J connectivity index is 0.650. The second kappa shape index (κ2) is 25.5. The topological polar surface area (TPSA) is 224 Å². The zero-order chi connectivity index (χ0) is 62.4. The number of halogens is 1. The number of fused-ring (bicyclic) bond motifs is 4. The standard InChI is InChI=1S/C67H84FN13O8/c1-9-43-11-10-12-46-31-49(82)32-51(58(43)46)60-59(68)61-52(35-69-60)62(79-37-47-17-18-48(38-79)81(47)66(86)88-67(5,6)7)73-65(72-61)87-30-29-76-23-20-42(21-24-76)36-77-25-27-78(28-26-77)56-34-55(89-74-56)57(40(2)3)64(85)80-39-50(83)33-54(80)63(84)71-41(4)44-13-15-45(16-14-44)53-19-22-70-75(53)8/h10-16,19,22,31-32,34-35,40-42,47-48,50,54,57,82-83H,9,17-18,20-21,23-30,33,36-39H2,1-8H3,(H,71,84)/t41?,47?,48?,50-,54+,57?/m1/s1. The molecule has 0 radical (unpaired) electrons. The molecule has 3 aromatic carbocycles. The summed E-state index contributed by atoms with van der Waals surface area (Å²) < 4.78 is 37.4. The number of ether oxygens (including phenoxy) is 2. The van der Waals surface area contributed by atoms with Crippen molar-refractivity contribution in [1.29, 1.82) is 0 Å². The summed E-state index contributed by atoms with van der Waals surface area (Å²) in [4.78, 5) is 68.9. The Morgan fingerprint density at radius 1 is 0.876 bits per heavy atom. The Morgan fingerprint density at radius 2 is 1.62 bits per heavy atom. The van der Waals surface area contributed by atoms with Gasteiger partial charge in [-0.3, -0.25) is 34.0 Å². The average Bonchev–Trinajstić information content (AvgIpc) is 1.65. The number of β-amino-alcohol motifs (C(OH)–C–C–N with tert-alkyl or cyclic N) is 1. The molecule has 2 bridgehead atoms. The highest BCUT2D eigenvalue weighted by Gasteiger charge is 2.46. The molecule has 3 amide bonds. The van der Waals surface area contributed by atoms with Crippen molar-refractivity contribution >= 4 is 51.2 Å². The summed E-state index contributed by atoms with van der Waals surface area (Å²) in [5.41, 5.74) is 3.92. The van der Waals surface area contributed by atoms with Crippen LogP contribution in [0, 0.1) is 17.7 Å². The van der Waals surface area contributed by atoms with E-state index in [4.69, 9.17) is 28.9 Å². The van der Waals surface area contributed by atoms with Gasteiger partial charge in [-0.25, -0.2) is 9.18 Å². The lowest BCUT2D eigenvalue weighted by Gasteiger charge is -2.42. The Labute approximate surface area is 519 Å². The second-order valence-electron chi connectivity index (χ2n) is 26.4. The number of aliphatic hydroxyl groups excluding tert-OH is 1. The fourth-order valence-corrected chi connectivity index (χ4v) is 14.1. The van der Waals surface area contributed by atoms with Gasteiger partial charge in [0.15, 0.2) is 17.4 Å². The largest absolute Gasteiger partial charge is 0.508 e. The predicted molar refractivity (Wildman–Crippen MR) is 337 cm³/mol. The molecule has 5 fully saturated rings. The summed E-state index contributed by atoms with van der Waals surface area (Å²) in [6, 6.07) is 19.5. The van der Waals surface area contributed by atoms with E-state index in [1.165, 1.54) is 4.90 Å². The number of aryl methyl sites for hydroxylation is 2. The number of phenols is 1. The van der Waals surface area contributed by atoms with Crippen LogP contribution in [-0.2, 0) is 27.8 Å². The summed E-state index contributed by atoms with van der Waals surface area (Å²) in [5, 5.41) is 35.6. The van der Waals surface area contributed by atoms with E-state index in [1.807, 2.05) is 120 Å². The lowest BCUT2D eigenvalue weighted by atomic mass is 9.91.